The first-order valence-electron chi connectivity index (χ1n) is 8.28. The highest BCUT2D eigenvalue weighted by molar-refractivity contribution is 7.92. The third-order valence-corrected chi connectivity index (χ3v) is 6.32. The third kappa shape index (κ3) is 4.33. The summed E-state index contributed by atoms with van der Waals surface area (Å²) in [4.78, 5) is 12.2. The zero-order chi connectivity index (χ0) is 20.5. The Morgan fingerprint density at radius 1 is 1.18 bits per heavy atom. The normalized spacial score (nSPS) is 14.8. The lowest BCUT2D eigenvalue weighted by atomic mass is 10.2. The number of sulfonamides is 1. The number of ether oxygens (including phenoxy) is 1. The molecule has 0 spiro atoms. The van der Waals surface area contributed by atoms with Crippen molar-refractivity contribution in [2.24, 2.45) is 0 Å². The van der Waals surface area contributed by atoms with Crippen molar-refractivity contribution >= 4 is 50.3 Å². The van der Waals surface area contributed by atoms with Gasteiger partial charge in [0.2, 0.25) is 0 Å². The van der Waals surface area contributed by atoms with E-state index in [0.29, 0.717) is 37.0 Å². The predicted molar refractivity (Wildman–Crippen MR) is 108 cm³/mol. The number of nitrogens with one attached hydrogen (secondary N) is 1. The summed E-state index contributed by atoms with van der Waals surface area (Å²) in [6, 6.07) is 7.05. The molecule has 150 valence electrons. The van der Waals surface area contributed by atoms with Crippen LogP contribution in [0.1, 0.15) is 5.56 Å². The molecule has 0 saturated carbocycles. The fourth-order valence-electron chi connectivity index (χ4n) is 2.86. The molecule has 0 radical (unpaired) electrons. The molecule has 1 saturated heterocycles. The zero-order valence-corrected chi connectivity index (χ0v) is 17.1. The van der Waals surface area contributed by atoms with Gasteiger partial charge in [-0.1, -0.05) is 23.2 Å². The maximum Gasteiger partial charge on any atom is 0.275 e. The summed E-state index contributed by atoms with van der Waals surface area (Å²) in [5, 5.41) is 11.6. The molecule has 0 aliphatic carbocycles. The van der Waals surface area contributed by atoms with Crippen molar-refractivity contribution in [3.63, 3.8) is 0 Å². The predicted octanol–water partition coefficient (Wildman–Crippen LogP) is 3.85. The van der Waals surface area contributed by atoms with Gasteiger partial charge < -0.3 is 9.64 Å². The second-order valence-electron chi connectivity index (χ2n) is 6.17. The smallest absolute Gasteiger partial charge is 0.275 e. The topological polar surface area (TPSA) is 102 Å². The van der Waals surface area contributed by atoms with E-state index in [9.17, 15) is 18.5 Å². The second-order valence-corrected chi connectivity index (χ2v) is 8.70. The Balaban J connectivity index is 2.01. The van der Waals surface area contributed by atoms with Crippen LogP contribution in [0.15, 0.2) is 35.2 Å². The minimum Gasteiger partial charge on any atom is -0.378 e. The maximum atomic E-state index is 12.9. The van der Waals surface area contributed by atoms with E-state index < -0.39 is 14.9 Å². The van der Waals surface area contributed by atoms with Gasteiger partial charge in [0.1, 0.15) is 0 Å². The molecule has 1 aliphatic rings. The number of anilines is 2. The van der Waals surface area contributed by atoms with Gasteiger partial charge in [-0.05, 0) is 31.2 Å². The minimum absolute atomic E-state index is 0.00549. The fourth-order valence-corrected chi connectivity index (χ4v) is 4.42. The van der Waals surface area contributed by atoms with E-state index in [1.54, 1.807) is 12.1 Å². The van der Waals surface area contributed by atoms with Gasteiger partial charge in [0, 0.05) is 29.7 Å². The monoisotopic (exact) mass is 445 g/mol. The van der Waals surface area contributed by atoms with Crippen molar-refractivity contribution < 1.29 is 18.1 Å². The molecule has 1 N–H and O–H groups in total. The molecule has 11 heteroatoms. The lowest BCUT2D eigenvalue weighted by Crippen LogP contribution is -2.36. The van der Waals surface area contributed by atoms with Gasteiger partial charge in [0.25, 0.3) is 15.7 Å². The molecule has 0 amide bonds. The van der Waals surface area contributed by atoms with E-state index in [0.717, 1.165) is 6.07 Å². The van der Waals surface area contributed by atoms with Gasteiger partial charge in [-0.3, -0.25) is 14.8 Å². The van der Waals surface area contributed by atoms with Crippen LogP contribution in [0.4, 0.5) is 17.1 Å². The number of nitro groups is 1. The van der Waals surface area contributed by atoms with E-state index in [1.165, 1.54) is 19.1 Å². The van der Waals surface area contributed by atoms with E-state index >= 15 is 0 Å². The number of morpholine rings is 1. The Morgan fingerprint density at radius 3 is 2.50 bits per heavy atom. The Morgan fingerprint density at radius 2 is 1.86 bits per heavy atom. The lowest BCUT2D eigenvalue weighted by molar-refractivity contribution is -0.385. The summed E-state index contributed by atoms with van der Waals surface area (Å²) >= 11 is 12.1. The van der Waals surface area contributed by atoms with Crippen molar-refractivity contribution in [3.8, 4) is 0 Å². The molecule has 8 nitrogen and oxygen atoms in total. The number of rotatable bonds is 5. The first kappa shape index (κ1) is 20.7. The van der Waals surface area contributed by atoms with Gasteiger partial charge in [-0.15, -0.1) is 0 Å². The van der Waals surface area contributed by atoms with E-state index in [4.69, 9.17) is 27.9 Å². The van der Waals surface area contributed by atoms with Crippen LogP contribution in [-0.2, 0) is 14.8 Å². The molecule has 1 aliphatic heterocycles. The first-order valence-corrected chi connectivity index (χ1v) is 10.5. The number of hydrogen-bond acceptors (Lipinski definition) is 6. The molecule has 28 heavy (non-hydrogen) atoms. The quantitative estimate of drug-likeness (QED) is 0.553. The maximum absolute atomic E-state index is 12.9. The summed E-state index contributed by atoms with van der Waals surface area (Å²) in [5.74, 6) is 0. The van der Waals surface area contributed by atoms with Crippen LogP contribution in [-0.4, -0.2) is 39.6 Å². The summed E-state index contributed by atoms with van der Waals surface area (Å²) in [7, 11) is -4.14. The minimum atomic E-state index is -4.14. The summed E-state index contributed by atoms with van der Waals surface area (Å²) in [5.41, 5.74) is 0.743. The SMILES string of the molecule is Cc1c(Cl)cc(S(=O)(=O)Nc2cc(Cl)ccc2N2CCOCC2)cc1[N+](=O)[O-]. The number of halogens is 2. The van der Waals surface area contributed by atoms with Crippen molar-refractivity contribution in [2.75, 3.05) is 35.9 Å². The van der Waals surface area contributed by atoms with Gasteiger partial charge in [-0.2, -0.15) is 0 Å². The van der Waals surface area contributed by atoms with E-state index in [-0.39, 0.29) is 26.9 Å². The number of nitro benzene ring substituents is 1. The van der Waals surface area contributed by atoms with Crippen LogP contribution < -0.4 is 9.62 Å². The molecular weight excluding hydrogens is 429 g/mol. The average Bonchev–Trinajstić information content (AvgIpc) is 2.64. The Bertz CT molecular complexity index is 1020. The van der Waals surface area contributed by atoms with Gasteiger partial charge >= 0.3 is 0 Å². The molecule has 0 unspecified atom stereocenters. The number of nitrogens with zero attached hydrogens (tertiary/aromatic N) is 2. The lowest BCUT2D eigenvalue weighted by Gasteiger charge is -2.30. The first-order chi connectivity index (χ1) is 13.2. The molecule has 2 aromatic carbocycles. The molecule has 2 aromatic rings. The van der Waals surface area contributed by atoms with Gasteiger partial charge in [-0.25, -0.2) is 8.42 Å². The van der Waals surface area contributed by atoms with Gasteiger partial charge in [0.05, 0.1) is 39.4 Å². The third-order valence-electron chi connectivity index (χ3n) is 4.35. The van der Waals surface area contributed by atoms with E-state index in [2.05, 4.69) is 4.72 Å². The molecule has 3 rings (SSSR count). The Labute approximate surface area is 172 Å². The van der Waals surface area contributed by atoms with Crippen LogP contribution >= 0.6 is 23.2 Å². The van der Waals surface area contributed by atoms with Crippen LogP contribution in [0.25, 0.3) is 0 Å². The number of hydrogen-bond donors (Lipinski definition) is 1. The zero-order valence-electron chi connectivity index (χ0n) is 14.8. The molecule has 0 bridgehead atoms. The highest BCUT2D eigenvalue weighted by Gasteiger charge is 2.24. The van der Waals surface area contributed by atoms with Gasteiger partial charge in [0.15, 0.2) is 0 Å². The van der Waals surface area contributed by atoms with Crippen LogP contribution in [0, 0.1) is 17.0 Å². The van der Waals surface area contributed by atoms with E-state index in [1.807, 2.05) is 4.90 Å². The van der Waals surface area contributed by atoms with Crippen LogP contribution in [0.5, 0.6) is 0 Å². The molecule has 0 atom stereocenters. The average molecular weight is 446 g/mol. The van der Waals surface area contributed by atoms with Crippen molar-refractivity contribution in [3.05, 3.63) is 56.1 Å². The Kier molecular flexibility index (Phi) is 5.99. The standard InChI is InChI=1S/C17H17Cl2N3O5S/c1-11-14(19)9-13(10-17(11)22(23)24)28(25,26)20-15-8-12(18)2-3-16(15)21-4-6-27-7-5-21/h2-3,8-10,20H,4-7H2,1H3. The van der Waals surface area contributed by atoms with Crippen molar-refractivity contribution in [2.45, 2.75) is 11.8 Å². The molecular formula is C17H17Cl2N3O5S. The molecule has 0 aromatic heterocycles. The highest BCUT2D eigenvalue weighted by Crippen LogP contribution is 2.34. The van der Waals surface area contributed by atoms with Crippen LogP contribution in [0.2, 0.25) is 10.0 Å². The van der Waals surface area contributed by atoms with Crippen LogP contribution in [0.3, 0.4) is 0 Å². The van der Waals surface area contributed by atoms with Crippen molar-refractivity contribution in [1.82, 2.24) is 0 Å². The Hall–Kier alpha value is -2.07. The summed E-state index contributed by atoms with van der Waals surface area (Å²) in [6.07, 6.45) is 0. The largest absolute Gasteiger partial charge is 0.378 e. The molecule has 1 heterocycles. The fraction of sp³-hybridized carbons (Fsp3) is 0.294. The number of benzene rings is 2. The second kappa shape index (κ2) is 8.12. The van der Waals surface area contributed by atoms with Crippen molar-refractivity contribution in [1.29, 1.82) is 0 Å². The highest BCUT2D eigenvalue weighted by atomic mass is 35.5. The summed E-state index contributed by atoms with van der Waals surface area (Å²) < 4.78 is 33.6. The molecule has 1 fully saturated rings. The summed E-state index contributed by atoms with van der Waals surface area (Å²) in [6.45, 7) is 3.69.